The van der Waals surface area contributed by atoms with E-state index in [9.17, 15) is 4.79 Å². The molecule has 1 amide bonds. The molecule has 4 heteroatoms. The number of para-hydroxylation sites is 1. The van der Waals surface area contributed by atoms with Crippen LogP contribution in [0.25, 0.3) is 0 Å². The van der Waals surface area contributed by atoms with Crippen LogP contribution in [0, 0.1) is 13.8 Å². The summed E-state index contributed by atoms with van der Waals surface area (Å²) in [5.41, 5.74) is 6.72. The smallest absolute Gasteiger partial charge is 0.224 e. The van der Waals surface area contributed by atoms with Gasteiger partial charge < -0.3 is 14.7 Å². The summed E-state index contributed by atoms with van der Waals surface area (Å²) in [6.07, 6.45) is 1.71. The first-order valence-electron chi connectivity index (χ1n) is 10.1. The molecule has 0 N–H and O–H groups in total. The van der Waals surface area contributed by atoms with Crippen molar-refractivity contribution in [2.75, 3.05) is 49.1 Å². The molecule has 2 heterocycles. The first kappa shape index (κ1) is 17.9. The van der Waals surface area contributed by atoms with E-state index in [-0.39, 0.29) is 0 Å². The highest BCUT2D eigenvalue weighted by Crippen LogP contribution is 2.27. The van der Waals surface area contributed by atoms with Gasteiger partial charge in [-0.25, -0.2) is 0 Å². The molecule has 27 heavy (non-hydrogen) atoms. The predicted octanol–water partition coefficient (Wildman–Crippen LogP) is 3.40. The lowest BCUT2D eigenvalue weighted by Crippen LogP contribution is -2.49. The summed E-state index contributed by atoms with van der Waals surface area (Å²) in [6, 6.07) is 15.1. The zero-order valence-corrected chi connectivity index (χ0v) is 16.4. The van der Waals surface area contributed by atoms with E-state index in [0.717, 1.165) is 45.7 Å². The lowest BCUT2D eigenvalue weighted by molar-refractivity contribution is -0.131. The topological polar surface area (TPSA) is 26.8 Å². The van der Waals surface area contributed by atoms with Gasteiger partial charge in [-0.05, 0) is 49.1 Å². The van der Waals surface area contributed by atoms with E-state index in [1.54, 1.807) is 0 Å². The van der Waals surface area contributed by atoms with E-state index in [1.807, 2.05) is 4.90 Å². The van der Waals surface area contributed by atoms with Crippen molar-refractivity contribution >= 4 is 17.3 Å². The first-order valence-corrected chi connectivity index (χ1v) is 10.1. The monoisotopic (exact) mass is 363 g/mol. The van der Waals surface area contributed by atoms with Gasteiger partial charge in [-0.3, -0.25) is 4.79 Å². The summed E-state index contributed by atoms with van der Waals surface area (Å²) in [5.74, 6) is 0.292. The van der Waals surface area contributed by atoms with Crippen molar-refractivity contribution in [2.45, 2.75) is 26.7 Å². The SMILES string of the molecule is Cc1cccc(N2CCN(C(=O)CCN3CCc4ccccc43)CC2)c1C. The Morgan fingerprint density at radius 2 is 1.63 bits per heavy atom. The Hall–Kier alpha value is -2.49. The Balaban J connectivity index is 1.30. The fourth-order valence-corrected chi connectivity index (χ4v) is 4.30. The summed E-state index contributed by atoms with van der Waals surface area (Å²) in [6.45, 7) is 9.70. The first-order chi connectivity index (χ1) is 13.1. The van der Waals surface area contributed by atoms with Crippen LogP contribution in [0.1, 0.15) is 23.1 Å². The maximum absolute atomic E-state index is 12.7. The largest absolute Gasteiger partial charge is 0.370 e. The molecular formula is C23H29N3O. The number of amides is 1. The fourth-order valence-electron chi connectivity index (χ4n) is 4.30. The number of carbonyl (C=O) groups is 1. The van der Waals surface area contributed by atoms with Crippen LogP contribution in [-0.4, -0.2) is 50.1 Å². The van der Waals surface area contributed by atoms with Crippen molar-refractivity contribution in [1.82, 2.24) is 4.90 Å². The van der Waals surface area contributed by atoms with Gasteiger partial charge in [0.15, 0.2) is 0 Å². The molecule has 142 valence electrons. The molecule has 4 rings (SSSR count). The molecule has 0 bridgehead atoms. The maximum Gasteiger partial charge on any atom is 0.224 e. The Kier molecular flexibility index (Phi) is 5.06. The number of benzene rings is 2. The van der Waals surface area contributed by atoms with Crippen molar-refractivity contribution in [3.63, 3.8) is 0 Å². The van der Waals surface area contributed by atoms with Crippen LogP contribution in [0.5, 0.6) is 0 Å². The summed E-state index contributed by atoms with van der Waals surface area (Å²) in [7, 11) is 0. The quantitative estimate of drug-likeness (QED) is 0.833. The molecule has 2 aliphatic heterocycles. The molecule has 0 atom stereocenters. The molecule has 1 fully saturated rings. The van der Waals surface area contributed by atoms with E-state index in [1.165, 1.54) is 28.1 Å². The number of aryl methyl sites for hydroxylation is 1. The highest BCUT2D eigenvalue weighted by Gasteiger charge is 2.24. The molecule has 0 saturated carbocycles. The summed E-state index contributed by atoms with van der Waals surface area (Å²) >= 11 is 0. The van der Waals surface area contributed by atoms with Crippen molar-refractivity contribution in [3.05, 3.63) is 59.2 Å². The second kappa shape index (κ2) is 7.63. The number of hydrogen-bond acceptors (Lipinski definition) is 3. The third kappa shape index (κ3) is 3.66. The summed E-state index contributed by atoms with van der Waals surface area (Å²) in [5, 5.41) is 0. The van der Waals surface area contributed by atoms with E-state index < -0.39 is 0 Å². The van der Waals surface area contributed by atoms with Gasteiger partial charge in [-0.15, -0.1) is 0 Å². The van der Waals surface area contributed by atoms with E-state index in [4.69, 9.17) is 0 Å². The van der Waals surface area contributed by atoms with Crippen LogP contribution in [0.3, 0.4) is 0 Å². The van der Waals surface area contributed by atoms with Gasteiger partial charge in [0.2, 0.25) is 5.91 Å². The molecule has 0 radical (unpaired) electrons. The van der Waals surface area contributed by atoms with E-state index >= 15 is 0 Å². The molecule has 1 saturated heterocycles. The lowest BCUT2D eigenvalue weighted by atomic mass is 10.1. The number of rotatable bonds is 4. The minimum absolute atomic E-state index is 0.292. The van der Waals surface area contributed by atoms with Gasteiger partial charge in [-0.1, -0.05) is 30.3 Å². The molecule has 2 aliphatic rings. The third-order valence-corrected chi connectivity index (χ3v) is 6.13. The molecule has 2 aromatic rings. The minimum Gasteiger partial charge on any atom is -0.370 e. The van der Waals surface area contributed by atoms with Crippen LogP contribution in [0.2, 0.25) is 0 Å². The summed E-state index contributed by atoms with van der Waals surface area (Å²) < 4.78 is 0. The van der Waals surface area contributed by atoms with Crippen molar-refractivity contribution in [1.29, 1.82) is 0 Å². The number of piperazine rings is 1. The number of fused-ring (bicyclic) bond motifs is 1. The number of carbonyl (C=O) groups excluding carboxylic acids is 1. The molecule has 2 aromatic carbocycles. The normalized spacial score (nSPS) is 16.6. The molecule has 0 aliphatic carbocycles. The minimum atomic E-state index is 0.292. The molecule has 0 spiro atoms. The van der Waals surface area contributed by atoms with Gasteiger partial charge in [0, 0.05) is 57.1 Å². The van der Waals surface area contributed by atoms with Crippen LogP contribution in [0.15, 0.2) is 42.5 Å². The van der Waals surface area contributed by atoms with Crippen molar-refractivity contribution in [2.24, 2.45) is 0 Å². The van der Waals surface area contributed by atoms with E-state index in [2.05, 4.69) is 66.1 Å². The number of hydrogen-bond donors (Lipinski definition) is 0. The van der Waals surface area contributed by atoms with Crippen LogP contribution >= 0.6 is 0 Å². The molecule has 4 nitrogen and oxygen atoms in total. The highest BCUT2D eigenvalue weighted by atomic mass is 16.2. The van der Waals surface area contributed by atoms with Gasteiger partial charge in [-0.2, -0.15) is 0 Å². The lowest BCUT2D eigenvalue weighted by Gasteiger charge is -2.37. The van der Waals surface area contributed by atoms with Gasteiger partial charge in [0.1, 0.15) is 0 Å². The van der Waals surface area contributed by atoms with Crippen LogP contribution < -0.4 is 9.80 Å². The predicted molar refractivity (Wildman–Crippen MR) is 112 cm³/mol. The zero-order chi connectivity index (χ0) is 18.8. The average Bonchev–Trinajstić information content (AvgIpc) is 3.12. The van der Waals surface area contributed by atoms with Crippen LogP contribution in [0.4, 0.5) is 11.4 Å². The van der Waals surface area contributed by atoms with Crippen LogP contribution in [-0.2, 0) is 11.2 Å². The standard InChI is InChI=1S/C23H29N3O/c1-18-6-5-9-21(19(18)2)25-14-16-26(17-15-25)23(27)11-13-24-12-10-20-7-3-4-8-22(20)24/h3-9H,10-17H2,1-2H3. The number of anilines is 2. The molecular weight excluding hydrogens is 334 g/mol. The van der Waals surface area contributed by atoms with Crippen molar-refractivity contribution < 1.29 is 4.79 Å². The van der Waals surface area contributed by atoms with Crippen molar-refractivity contribution in [3.8, 4) is 0 Å². The highest BCUT2D eigenvalue weighted by molar-refractivity contribution is 5.77. The Morgan fingerprint density at radius 3 is 2.44 bits per heavy atom. The second-order valence-electron chi connectivity index (χ2n) is 7.70. The second-order valence-corrected chi connectivity index (χ2v) is 7.70. The zero-order valence-electron chi connectivity index (χ0n) is 16.4. The number of nitrogens with zero attached hydrogens (tertiary/aromatic N) is 3. The third-order valence-electron chi connectivity index (χ3n) is 6.13. The average molecular weight is 364 g/mol. The molecule has 0 unspecified atom stereocenters. The Morgan fingerprint density at radius 1 is 0.889 bits per heavy atom. The van der Waals surface area contributed by atoms with E-state index in [0.29, 0.717) is 12.3 Å². The molecule has 0 aromatic heterocycles. The van der Waals surface area contributed by atoms with Gasteiger partial charge >= 0.3 is 0 Å². The Bertz CT molecular complexity index is 824. The van der Waals surface area contributed by atoms with Gasteiger partial charge in [0.05, 0.1) is 0 Å². The Labute approximate surface area is 162 Å². The van der Waals surface area contributed by atoms with Gasteiger partial charge in [0.25, 0.3) is 0 Å². The fraction of sp³-hybridized carbons (Fsp3) is 0.435. The summed E-state index contributed by atoms with van der Waals surface area (Å²) in [4.78, 5) is 19.5. The maximum atomic E-state index is 12.7.